The summed E-state index contributed by atoms with van der Waals surface area (Å²) in [5, 5.41) is 3.24. The summed E-state index contributed by atoms with van der Waals surface area (Å²) >= 11 is 0. The number of nitrogens with zero attached hydrogens (tertiary/aromatic N) is 1. The number of hydrogen-bond donors (Lipinski definition) is 1. The van der Waals surface area contributed by atoms with E-state index in [9.17, 15) is 9.59 Å². The van der Waals surface area contributed by atoms with Gasteiger partial charge in [0.05, 0.1) is 5.69 Å². The normalized spacial score (nSPS) is 18.2. The topological polar surface area (TPSA) is 59.1 Å². The SMILES string of the molecule is O=C(C(=O)C1CCCCNC1)c1cccc(-c2ccccn2)c1. The first-order chi connectivity index (χ1) is 11.3. The molecule has 0 aliphatic carbocycles. The quantitative estimate of drug-likeness (QED) is 0.697. The van der Waals surface area contributed by atoms with Gasteiger partial charge >= 0.3 is 0 Å². The van der Waals surface area contributed by atoms with Crippen LogP contribution in [0.4, 0.5) is 0 Å². The van der Waals surface area contributed by atoms with E-state index in [2.05, 4.69) is 10.3 Å². The molecule has 1 aliphatic heterocycles. The van der Waals surface area contributed by atoms with E-state index in [0.717, 1.165) is 37.1 Å². The van der Waals surface area contributed by atoms with Crippen molar-refractivity contribution in [3.8, 4) is 11.3 Å². The highest BCUT2D eigenvalue weighted by atomic mass is 16.2. The van der Waals surface area contributed by atoms with Crippen LogP contribution in [-0.2, 0) is 4.79 Å². The van der Waals surface area contributed by atoms with Gasteiger partial charge in [0.25, 0.3) is 0 Å². The number of rotatable bonds is 4. The molecule has 4 nitrogen and oxygen atoms in total. The van der Waals surface area contributed by atoms with Gasteiger partial charge in [-0.1, -0.05) is 30.7 Å². The summed E-state index contributed by atoms with van der Waals surface area (Å²) in [4.78, 5) is 29.3. The Hall–Kier alpha value is -2.33. The number of carbonyl (C=O) groups excluding carboxylic acids is 2. The largest absolute Gasteiger partial charge is 0.316 e. The first kappa shape index (κ1) is 15.6. The summed E-state index contributed by atoms with van der Waals surface area (Å²) in [6, 6.07) is 12.8. The molecule has 1 aromatic carbocycles. The molecule has 0 bridgehead atoms. The molecule has 118 valence electrons. The van der Waals surface area contributed by atoms with Crippen molar-refractivity contribution in [3.63, 3.8) is 0 Å². The maximum Gasteiger partial charge on any atom is 0.228 e. The molecular formula is C19H20N2O2. The van der Waals surface area contributed by atoms with E-state index in [1.165, 1.54) is 0 Å². The van der Waals surface area contributed by atoms with E-state index in [1.807, 2.05) is 24.3 Å². The molecule has 0 spiro atoms. The minimum Gasteiger partial charge on any atom is -0.316 e. The highest BCUT2D eigenvalue weighted by Crippen LogP contribution is 2.20. The lowest BCUT2D eigenvalue weighted by Crippen LogP contribution is -2.31. The first-order valence-corrected chi connectivity index (χ1v) is 8.06. The van der Waals surface area contributed by atoms with Gasteiger partial charge in [0.2, 0.25) is 11.6 Å². The molecule has 4 heteroatoms. The molecule has 2 aromatic rings. The summed E-state index contributed by atoms with van der Waals surface area (Å²) in [5.41, 5.74) is 2.09. The minimum absolute atomic E-state index is 0.205. The molecule has 1 atom stereocenters. The zero-order chi connectivity index (χ0) is 16.1. The van der Waals surface area contributed by atoms with Crippen LogP contribution in [0.25, 0.3) is 11.3 Å². The Bertz CT molecular complexity index is 690. The van der Waals surface area contributed by atoms with Crippen molar-refractivity contribution in [2.45, 2.75) is 19.3 Å². The molecule has 3 rings (SSSR count). The molecule has 2 heterocycles. The van der Waals surface area contributed by atoms with Crippen LogP contribution >= 0.6 is 0 Å². The van der Waals surface area contributed by atoms with Crippen LogP contribution < -0.4 is 5.32 Å². The Kier molecular flexibility index (Phi) is 4.93. The molecular weight excluding hydrogens is 288 g/mol. The number of nitrogens with one attached hydrogen (secondary N) is 1. The maximum absolute atomic E-state index is 12.5. The summed E-state index contributed by atoms with van der Waals surface area (Å²) in [6.45, 7) is 1.53. The van der Waals surface area contributed by atoms with Gasteiger partial charge in [0.15, 0.2) is 0 Å². The number of benzene rings is 1. The third kappa shape index (κ3) is 3.71. The summed E-state index contributed by atoms with van der Waals surface area (Å²) in [6.07, 6.45) is 4.56. The standard InChI is InChI=1S/C19H20N2O2/c22-18(19(23)16-6-1-3-10-20-13-16)15-8-5-7-14(12-15)17-9-2-4-11-21-17/h2,4-5,7-9,11-12,16,20H,1,3,6,10,13H2. The Morgan fingerprint density at radius 3 is 2.83 bits per heavy atom. The predicted molar refractivity (Wildman–Crippen MR) is 89.2 cm³/mol. The average Bonchev–Trinajstić information content (AvgIpc) is 2.91. The second-order valence-electron chi connectivity index (χ2n) is 5.89. The van der Waals surface area contributed by atoms with E-state index < -0.39 is 5.78 Å². The van der Waals surface area contributed by atoms with Gasteiger partial charge in [-0.05, 0) is 37.6 Å². The maximum atomic E-state index is 12.5. The monoisotopic (exact) mass is 308 g/mol. The van der Waals surface area contributed by atoms with Crippen LogP contribution in [0.3, 0.4) is 0 Å². The van der Waals surface area contributed by atoms with Crippen LogP contribution in [0.1, 0.15) is 29.6 Å². The zero-order valence-corrected chi connectivity index (χ0v) is 13.0. The highest BCUT2D eigenvalue weighted by molar-refractivity contribution is 6.44. The average molecular weight is 308 g/mol. The summed E-state index contributed by atoms with van der Waals surface area (Å²) in [7, 11) is 0. The molecule has 1 N–H and O–H groups in total. The van der Waals surface area contributed by atoms with Crippen LogP contribution in [0.2, 0.25) is 0 Å². The lowest BCUT2D eigenvalue weighted by molar-refractivity contribution is -0.118. The van der Waals surface area contributed by atoms with Crippen molar-refractivity contribution in [1.82, 2.24) is 10.3 Å². The number of hydrogen-bond acceptors (Lipinski definition) is 4. The molecule has 1 aliphatic rings. The lowest BCUT2D eigenvalue weighted by atomic mass is 9.92. The molecule has 1 unspecified atom stereocenters. The molecule has 23 heavy (non-hydrogen) atoms. The van der Waals surface area contributed by atoms with E-state index in [0.29, 0.717) is 12.1 Å². The second kappa shape index (κ2) is 7.29. The van der Waals surface area contributed by atoms with Crippen molar-refractivity contribution >= 4 is 11.6 Å². The van der Waals surface area contributed by atoms with Crippen LogP contribution in [-0.4, -0.2) is 29.6 Å². The van der Waals surface area contributed by atoms with Gasteiger partial charge in [-0.25, -0.2) is 0 Å². The third-order valence-electron chi connectivity index (χ3n) is 4.23. The Morgan fingerprint density at radius 2 is 2.00 bits per heavy atom. The smallest absolute Gasteiger partial charge is 0.228 e. The molecule has 0 radical (unpaired) electrons. The van der Waals surface area contributed by atoms with E-state index >= 15 is 0 Å². The number of Topliss-reactive ketones (excluding diaryl/α,β-unsaturated/α-hetero) is 2. The number of ketones is 2. The molecule has 1 saturated heterocycles. The van der Waals surface area contributed by atoms with Crippen LogP contribution in [0, 0.1) is 5.92 Å². The first-order valence-electron chi connectivity index (χ1n) is 8.06. The molecule has 1 fully saturated rings. The Labute approximate surface area is 135 Å². The van der Waals surface area contributed by atoms with Crippen molar-refractivity contribution < 1.29 is 9.59 Å². The number of pyridine rings is 1. The van der Waals surface area contributed by atoms with Gasteiger partial charge < -0.3 is 5.32 Å². The third-order valence-corrected chi connectivity index (χ3v) is 4.23. The van der Waals surface area contributed by atoms with Crippen molar-refractivity contribution in [2.24, 2.45) is 5.92 Å². The van der Waals surface area contributed by atoms with Crippen molar-refractivity contribution in [2.75, 3.05) is 13.1 Å². The van der Waals surface area contributed by atoms with Crippen LogP contribution in [0.15, 0.2) is 48.7 Å². The fraction of sp³-hybridized carbons (Fsp3) is 0.316. The fourth-order valence-electron chi connectivity index (χ4n) is 2.92. The van der Waals surface area contributed by atoms with E-state index in [1.54, 1.807) is 24.4 Å². The van der Waals surface area contributed by atoms with Crippen molar-refractivity contribution in [3.05, 3.63) is 54.2 Å². The predicted octanol–water partition coefficient (Wildman–Crippen LogP) is 2.89. The number of aromatic nitrogens is 1. The van der Waals surface area contributed by atoms with E-state index in [4.69, 9.17) is 0 Å². The fourth-order valence-corrected chi connectivity index (χ4v) is 2.92. The summed E-state index contributed by atoms with van der Waals surface area (Å²) in [5.74, 6) is -0.877. The van der Waals surface area contributed by atoms with Crippen LogP contribution in [0.5, 0.6) is 0 Å². The van der Waals surface area contributed by atoms with Gasteiger partial charge in [-0.3, -0.25) is 14.6 Å². The Balaban J connectivity index is 1.81. The summed E-state index contributed by atoms with van der Waals surface area (Å²) < 4.78 is 0. The van der Waals surface area contributed by atoms with Crippen molar-refractivity contribution in [1.29, 1.82) is 0 Å². The van der Waals surface area contributed by atoms with Gasteiger partial charge in [0, 0.05) is 29.8 Å². The van der Waals surface area contributed by atoms with Gasteiger partial charge in [0.1, 0.15) is 0 Å². The lowest BCUT2D eigenvalue weighted by Gasteiger charge is -2.12. The number of carbonyl (C=O) groups is 2. The molecule has 0 amide bonds. The highest BCUT2D eigenvalue weighted by Gasteiger charge is 2.26. The van der Waals surface area contributed by atoms with Gasteiger partial charge in [-0.15, -0.1) is 0 Å². The second-order valence-corrected chi connectivity index (χ2v) is 5.89. The molecule has 1 aromatic heterocycles. The van der Waals surface area contributed by atoms with E-state index in [-0.39, 0.29) is 11.7 Å². The molecule has 0 saturated carbocycles. The zero-order valence-electron chi connectivity index (χ0n) is 13.0. The minimum atomic E-state index is -0.392. The Morgan fingerprint density at radius 1 is 1.09 bits per heavy atom. The van der Waals surface area contributed by atoms with Gasteiger partial charge in [-0.2, -0.15) is 0 Å².